The van der Waals surface area contributed by atoms with E-state index in [0.717, 1.165) is 12.3 Å². The Kier molecular flexibility index (Phi) is 4.82. The van der Waals surface area contributed by atoms with E-state index in [4.69, 9.17) is 4.42 Å². The largest absolute Gasteiger partial charge is 0.466 e. The second-order valence-electron chi connectivity index (χ2n) is 6.41. The first kappa shape index (κ1) is 15.8. The minimum absolute atomic E-state index is 0.0670. The number of likely N-dealkylation sites (tertiary alicyclic amines) is 1. The molecule has 2 heterocycles. The van der Waals surface area contributed by atoms with Crippen molar-refractivity contribution in [3.05, 3.63) is 58.5 Å². The van der Waals surface area contributed by atoms with Crippen molar-refractivity contribution < 1.29 is 14.1 Å². The van der Waals surface area contributed by atoms with Gasteiger partial charge in [0.15, 0.2) is 0 Å². The van der Waals surface area contributed by atoms with Crippen LogP contribution in [0.4, 0.5) is 0 Å². The predicted molar refractivity (Wildman–Crippen MR) is 89.4 cm³/mol. The molecule has 1 aliphatic rings. The highest BCUT2D eigenvalue weighted by atomic mass is 16.3. The number of furan rings is 1. The Morgan fingerprint density at radius 1 is 1.17 bits per heavy atom. The third-order valence-electron chi connectivity index (χ3n) is 4.59. The lowest BCUT2D eigenvalue weighted by Gasteiger charge is -2.15. The third-order valence-corrected chi connectivity index (χ3v) is 4.59. The van der Waals surface area contributed by atoms with Gasteiger partial charge in [0.1, 0.15) is 18.1 Å². The van der Waals surface area contributed by atoms with Crippen molar-refractivity contribution in [2.75, 3.05) is 13.1 Å². The Labute approximate surface area is 137 Å². The fraction of sp³-hybridized carbons (Fsp3) is 0.421. The highest BCUT2D eigenvalue weighted by Crippen LogP contribution is 2.14. The van der Waals surface area contributed by atoms with E-state index in [1.165, 1.54) is 37.1 Å². The molecule has 0 radical (unpaired) electrons. The predicted octanol–water partition coefficient (Wildman–Crippen LogP) is 2.01. The first-order valence-corrected chi connectivity index (χ1v) is 8.39. The zero-order chi connectivity index (χ0) is 16.2. The van der Waals surface area contributed by atoms with Crippen LogP contribution in [-0.4, -0.2) is 19.0 Å². The molecule has 4 heteroatoms. The standard InChI is InChI=1S/C19H24N2O2/c1-14-11-18(15(2)23-14)19(22)20-12-16-7-3-4-8-17(16)13-21-9-5-6-10-21/h3-4,7-8,11H,5-6,9-10,12-13H2,1-2H3,(H,20,22)/p+1. The molecule has 0 bridgehead atoms. The summed E-state index contributed by atoms with van der Waals surface area (Å²) in [7, 11) is 0. The summed E-state index contributed by atoms with van der Waals surface area (Å²) in [6.45, 7) is 7.81. The Bertz CT molecular complexity index is 684. The zero-order valence-electron chi connectivity index (χ0n) is 13.9. The number of carbonyl (C=O) groups excluding carboxylic acids is 1. The molecule has 122 valence electrons. The van der Waals surface area contributed by atoms with E-state index in [2.05, 4.69) is 23.5 Å². The van der Waals surface area contributed by atoms with Gasteiger partial charge in [-0.25, -0.2) is 0 Å². The van der Waals surface area contributed by atoms with Gasteiger partial charge in [0, 0.05) is 24.9 Å². The minimum Gasteiger partial charge on any atom is -0.466 e. The molecule has 3 rings (SSSR count). The topological polar surface area (TPSA) is 46.7 Å². The molecular weight excluding hydrogens is 288 g/mol. The molecular formula is C19H25N2O2+. The molecule has 1 aromatic carbocycles. The van der Waals surface area contributed by atoms with Crippen LogP contribution in [0.5, 0.6) is 0 Å². The van der Waals surface area contributed by atoms with E-state index in [0.29, 0.717) is 17.9 Å². The molecule has 1 amide bonds. The minimum atomic E-state index is -0.0670. The molecule has 1 saturated heterocycles. The Morgan fingerprint density at radius 2 is 1.87 bits per heavy atom. The molecule has 0 saturated carbocycles. The van der Waals surface area contributed by atoms with Crippen LogP contribution < -0.4 is 10.2 Å². The molecule has 1 aromatic heterocycles. The maximum atomic E-state index is 12.3. The molecule has 1 fully saturated rings. The van der Waals surface area contributed by atoms with Crippen LogP contribution in [0.3, 0.4) is 0 Å². The number of nitrogens with one attached hydrogen (secondary N) is 2. The molecule has 0 spiro atoms. The van der Waals surface area contributed by atoms with Gasteiger partial charge in [0.05, 0.1) is 18.7 Å². The van der Waals surface area contributed by atoms with Crippen molar-refractivity contribution in [3.63, 3.8) is 0 Å². The molecule has 2 N–H and O–H groups in total. The second kappa shape index (κ2) is 7.01. The summed E-state index contributed by atoms with van der Waals surface area (Å²) in [5.41, 5.74) is 3.17. The van der Waals surface area contributed by atoms with Gasteiger partial charge >= 0.3 is 0 Å². The monoisotopic (exact) mass is 313 g/mol. The highest BCUT2D eigenvalue weighted by Gasteiger charge is 2.18. The highest BCUT2D eigenvalue weighted by molar-refractivity contribution is 5.95. The summed E-state index contributed by atoms with van der Waals surface area (Å²) in [6.07, 6.45) is 2.65. The number of rotatable bonds is 5. The van der Waals surface area contributed by atoms with Gasteiger partial charge in [-0.05, 0) is 25.5 Å². The summed E-state index contributed by atoms with van der Waals surface area (Å²) < 4.78 is 5.44. The summed E-state index contributed by atoms with van der Waals surface area (Å²) in [5.74, 6) is 1.38. The zero-order valence-corrected chi connectivity index (χ0v) is 13.9. The lowest BCUT2D eigenvalue weighted by atomic mass is 10.1. The van der Waals surface area contributed by atoms with Crippen LogP contribution in [-0.2, 0) is 13.1 Å². The molecule has 0 unspecified atom stereocenters. The van der Waals surface area contributed by atoms with E-state index >= 15 is 0 Å². The van der Waals surface area contributed by atoms with Crippen LogP contribution in [0, 0.1) is 13.8 Å². The second-order valence-corrected chi connectivity index (χ2v) is 6.41. The van der Waals surface area contributed by atoms with Gasteiger partial charge in [-0.1, -0.05) is 24.3 Å². The van der Waals surface area contributed by atoms with Gasteiger partial charge in [-0.15, -0.1) is 0 Å². The smallest absolute Gasteiger partial charge is 0.255 e. The fourth-order valence-corrected chi connectivity index (χ4v) is 3.35. The average Bonchev–Trinajstić information content (AvgIpc) is 3.15. The number of amides is 1. The van der Waals surface area contributed by atoms with Gasteiger partial charge in [-0.2, -0.15) is 0 Å². The summed E-state index contributed by atoms with van der Waals surface area (Å²) in [5, 5.41) is 3.03. The van der Waals surface area contributed by atoms with E-state index < -0.39 is 0 Å². The fourth-order valence-electron chi connectivity index (χ4n) is 3.35. The van der Waals surface area contributed by atoms with Gasteiger partial charge in [0.25, 0.3) is 5.91 Å². The van der Waals surface area contributed by atoms with E-state index in [1.54, 1.807) is 11.0 Å². The van der Waals surface area contributed by atoms with Crippen LogP contribution >= 0.6 is 0 Å². The normalized spacial score (nSPS) is 15.0. The molecule has 1 aliphatic heterocycles. The molecule has 4 nitrogen and oxygen atoms in total. The lowest BCUT2D eigenvalue weighted by molar-refractivity contribution is -0.901. The van der Waals surface area contributed by atoms with Crippen LogP contribution in [0.25, 0.3) is 0 Å². The van der Waals surface area contributed by atoms with Crippen molar-refractivity contribution in [1.82, 2.24) is 5.32 Å². The molecule has 2 aromatic rings. The summed E-state index contributed by atoms with van der Waals surface area (Å²) in [6, 6.07) is 10.2. The van der Waals surface area contributed by atoms with Crippen molar-refractivity contribution in [2.45, 2.75) is 39.8 Å². The maximum absolute atomic E-state index is 12.3. The molecule has 23 heavy (non-hydrogen) atoms. The van der Waals surface area contributed by atoms with Crippen LogP contribution in [0.2, 0.25) is 0 Å². The first-order valence-electron chi connectivity index (χ1n) is 8.39. The Hall–Kier alpha value is -2.07. The molecule has 0 aliphatic carbocycles. The number of hydrogen-bond donors (Lipinski definition) is 2. The van der Waals surface area contributed by atoms with Crippen LogP contribution in [0.1, 0.15) is 45.8 Å². The number of aryl methyl sites for hydroxylation is 2. The SMILES string of the molecule is Cc1cc(C(=O)NCc2ccccc2C[NH+]2CCCC2)c(C)o1. The first-order chi connectivity index (χ1) is 11.1. The lowest BCUT2D eigenvalue weighted by Crippen LogP contribution is -3.08. The van der Waals surface area contributed by atoms with Crippen molar-refractivity contribution >= 4 is 5.91 Å². The van der Waals surface area contributed by atoms with Crippen LogP contribution in [0.15, 0.2) is 34.7 Å². The van der Waals surface area contributed by atoms with Gasteiger partial charge in [0.2, 0.25) is 0 Å². The quantitative estimate of drug-likeness (QED) is 0.887. The Balaban J connectivity index is 1.65. The third kappa shape index (κ3) is 3.82. The number of hydrogen-bond acceptors (Lipinski definition) is 2. The maximum Gasteiger partial charge on any atom is 0.255 e. The van der Waals surface area contributed by atoms with Crippen molar-refractivity contribution in [2.24, 2.45) is 0 Å². The summed E-state index contributed by atoms with van der Waals surface area (Å²) in [4.78, 5) is 14.0. The van der Waals surface area contributed by atoms with Gasteiger partial charge in [-0.3, -0.25) is 4.79 Å². The number of benzene rings is 1. The van der Waals surface area contributed by atoms with E-state index in [-0.39, 0.29) is 5.91 Å². The molecule has 0 atom stereocenters. The summed E-state index contributed by atoms with van der Waals surface area (Å²) >= 11 is 0. The van der Waals surface area contributed by atoms with Crippen molar-refractivity contribution in [3.8, 4) is 0 Å². The van der Waals surface area contributed by atoms with Gasteiger partial charge < -0.3 is 14.6 Å². The average molecular weight is 313 g/mol. The number of quaternary nitrogens is 1. The van der Waals surface area contributed by atoms with E-state index in [9.17, 15) is 4.79 Å². The van der Waals surface area contributed by atoms with Crippen molar-refractivity contribution in [1.29, 1.82) is 0 Å². The van der Waals surface area contributed by atoms with E-state index in [1.807, 2.05) is 19.9 Å². The Morgan fingerprint density at radius 3 is 2.52 bits per heavy atom. The number of carbonyl (C=O) groups is 1.